The number of carbonyl (C=O) groups is 1. The highest BCUT2D eigenvalue weighted by Crippen LogP contribution is 2.36. The Kier molecular flexibility index (Phi) is 6.28. The summed E-state index contributed by atoms with van der Waals surface area (Å²) in [4.78, 5) is 31.2. The molecular formula is C34H34N6O2. The Labute approximate surface area is 244 Å². The van der Waals surface area contributed by atoms with E-state index in [1.807, 2.05) is 39.0 Å². The number of amides is 1. The smallest absolute Gasteiger partial charge is 0.411 e. The number of nitrogens with zero attached hydrogens (tertiary/aromatic N) is 3. The molecule has 2 fully saturated rings. The lowest BCUT2D eigenvalue weighted by Gasteiger charge is -2.27. The molecule has 0 spiro atoms. The van der Waals surface area contributed by atoms with Crippen LogP contribution in [-0.2, 0) is 4.74 Å². The van der Waals surface area contributed by atoms with Crippen molar-refractivity contribution in [1.82, 2.24) is 30.2 Å². The molecule has 7 rings (SSSR count). The minimum absolute atomic E-state index is 0.307. The summed E-state index contributed by atoms with van der Waals surface area (Å²) in [5.41, 5.74) is 5.94. The largest absolute Gasteiger partial charge is 0.444 e. The van der Waals surface area contributed by atoms with Crippen molar-refractivity contribution in [2.24, 2.45) is 0 Å². The number of fused-ring (bicyclic) bond motifs is 4. The second kappa shape index (κ2) is 10.0. The van der Waals surface area contributed by atoms with Crippen LogP contribution < -0.4 is 5.32 Å². The number of ether oxygens (including phenoxy) is 1. The Balaban J connectivity index is 1.14. The van der Waals surface area contributed by atoms with Crippen molar-refractivity contribution in [2.75, 3.05) is 13.1 Å². The van der Waals surface area contributed by atoms with Gasteiger partial charge in [0.05, 0.1) is 28.1 Å². The number of hydrogen-bond donors (Lipinski definition) is 3. The van der Waals surface area contributed by atoms with Gasteiger partial charge in [0.15, 0.2) is 0 Å². The lowest BCUT2D eigenvalue weighted by Crippen LogP contribution is -2.36. The number of likely N-dealkylation sites (tertiary alicyclic amines) is 1. The molecule has 2 aromatic heterocycles. The summed E-state index contributed by atoms with van der Waals surface area (Å²) < 4.78 is 5.64. The average molecular weight is 559 g/mol. The van der Waals surface area contributed by atoms with Gasteiger partial charge in [0.1, 0.15) is 23.3 Å². The number of imidazole rings is 2. The summed E-state index contributed by atoms with van der Waals surface area (Å²) in [6, 6.07) is 16.4. The van der Waals surface area contributed by atoms with Crippen LogP contribution in [0.1, 0.15) is 74.9 Å². The van der Waals surface area contributed by atoms with Gasteiger partial charge in [-0.3, -0.25) is 4.90 Å². The first-order valence-electron chi connectivity index (χ1n) is 14.6. The van der Waals surface area contributed by atoms with Crippen molar-refractivity contribution in [3.05, 3.63) is 83.5 Å². The fraction of sp³-hybridized carbons (Fsp3) is 0.324. The first-order valence-corrected chi connectivity index (χ1v) is 14.6. The zero-order valence-electron chi connectivity index (χ0n) is 24.2. The molecule has 0 radical (unpaired) electrons. The predicted molar refractivity (Wildman–Crippen MR) is 165 cm³/mol. The summed E-state index contributed by atoms with van der Waals surface area (Å²) in [7, 11) is 0. The maximum atomic E-state index is 12.9. The van der Waals surface area contributed by atoms with Crippen molar-refractivity contribution >= 4 is 38.9 Å². The first kappa shape index (κ1) is 26.3. The molecule has 42 heavy (non-hydrogen) atoms. The summed E-state index contributed by atoms with van der Waals surface area (Å²) in [6.07, 6.45) is 2.66. The number of H-pyrrole nitrogens is 2. The highest BCUT2D eigenvalue weighted by Gasteiger charge is 2.37. The summed E-state index contributed by atoms with van der Waals surface area (Å²) in [5.74, 6) is 8.34. The molecule has 4 heterocycles. The van der Waals surface area contributed by atoms with Crippen LogP contribution in [0.3, 0.4) is 0 Å². The molecule has 2 aliphatic rings. The van der Waals surface area contributed by atoms with Crippen LogP contribution in [0, 0.1) is 11.8 Å². The number of nitrogens with one attached hydrogen (secondary N) is 3. The molecule has 1 amide bonds. The fourth-order valence-corrected chi connectivity index (χ4v) is 5.97. The van der Waals surface area contributed by atoms with Crippen LogP contribution in [0.15, 0.2) is 60.7 Å². The lowest BCUT2D eigenvalue weighted by atomic mass is 10.1. The van der Waals surface area contributed by atoms with E-state index in [4.69, 9.17) is 14.7 Å². The molecule has 0 aliphatic carbocycles. The van der Waals surface area contributed by atoms with Crippen molar-refractivity contribution in [3.8, 4) is 11.8 Å². The van der Waals surface area contributed by atoms with E-state index < -0.39 is 5.60 Å². The van der Waals surface area contributed by atoms with E-state index in [0.717, 1.165) is 68.3 Å². The van der Waals surface area contributed by atoms with Crippen LogP contribution in [0.5, 0.6) is 0 Å². The van der Waals surface area contributed by atoms with E-state index in [9.17, 15) is 4.79 Å². The minimum Gasteiger partial charge on any atom is -0.444 e. The molecule has 212 valence electrons. The van der Waals surface area contributed by atoms with Crippen molar-refractivity contribution in [1.29, 1.82) is 0 Å². The Hall–Kier alpha value is -4.61. The molecule has 3 aromatic carbocycles. The molecule has 0 saturated carbocycles. The molecular weight excluding hydrogens is 524 g/mol. The van der Waals surface area contributed by atoms with Gasteiger partial charge in [-0.1, -0.05) is 30.6 Å². The number of benzene rings is 3. The first-order chi connectivity index (χ1) is 20.2. The van der Waals surface area contributed by atoms with Gasteiger partial charge in [0.2, 0.25) is 0 Å². The van der Waals surface area contributed by atoms with E-state index in [2.05, 4.69) is 64.0 Å². The van der Waals surface area contributed by atoms with E-state index in [-0.39, 0.29) is 12.1 Å². The van der Waals surface area contributed by atoms with E-state index in [1.165, 1.54) is 6.42 Å². The van der Waals surface area contributed by atoms with Gasteiger partial charge in [0, 0.05) is 23.1 Å². The van der Waals surface area contributed by atoms with Gasteiger partial charge < -0.3 is 20.0 Å². The Morgan fingerprint density at radius 3 is 2.57 bits per heavy atom. The standard InChI is InChI=1S/C34H34N6O2/c1-20-15-17-40(33(41)42-34(2,3)4)30(20)32-36-25-13-10-22(19-28(25)38-32)8-7-21-9-12-24-23(18-21)11-14-26-29(24)39-31(37-26)27-6-5-16-35-27/h9-14,18-19,27,30,35H,1,5-6,15-17H2,2-4H3,(H,36,38)(H,37,39). The van der Waals surface area contributed by atoms with Crippen LogP contribution in [0.4, 0.5) is 4.79 Å². The average Bonchev–Trinajstić information content (AvgIpc) is 3.75. The summed E-state index contributed by atoms with van der Waals surface area (Å²) in [5, 5.41) is 5.76. The van der Waals surface area contributed by atoms with Crippen molar-refractivity contribution in [3.63, 3.8) is 0 Å². The quantitative estimate of drug-likeness (QED) is 0.166. The third-order valence-corrected chi connectivity index (χ3v) is 7.99. The van der Waals surface area contributed by atoms with E-state index >= 15 is 0 Å². The maximum Gasteiger partial charge on any atom is 0.411 e. The molecule has 0 bridgehead atoms. The van der Waals surface area contributed by atoms with E-state index in [1.54, 1.807) is 4.90 Å². The third kappa shape index (κ3) is 4.90. The predicted octanol–water partition coefficient (Wildman–Crippen LogP) is 6.65. The SMILES string of the molecule is C=C1CCN(C(=O)OC(C)(C)C)C1c1nc2ccc(C#Cc3ccc4c(ccc5[nH]c(C6CCCN6)nc54)c3)cc2[nH]1. The molecule has 8 heteroatoms. The minimum atomic E-state index is -0.570. The second-order valence-corrected chi connectivity index (χ2v) is 12.3. The van der Waals surface area contributed by atoms with Crippen LogP contribution in [-0.4, -0.2) is 49.6 Å². The fourth-order valence-electron chi connectivity index (χ4n) is 5.97. The van der Waals surface area contributed by atoms with Crippen molar-refractivity contribution < 1.29 is 9.53 Å². The van der Waals surface area contributed by atoms with Gasteiger partial charge in [-0.2, -0.15) is 0 Å². The second-order valence-electron chi connectivity index (χ2n) is 12.3. The molecule has 5 aromatic rings. The van der Waals surface area contributed by atoms with Crippen LogP contribution in [0.2, 0.25) is 0 Å². The van der Waals surface area contributed by atoms with Crippen LogP contribution >= 0.6 is 0 Å². The number of carbonyl (C=O) groups excluding carboxylic acids is 1. The molecule has 3 N–H and O–H groups in total. The zero-order valence-corrected chi connectivity index (χ0v) is 24.2. The Bertz CT molecular complexity index is 1930. The van der Waals surface area contributed by atoms with Crippen molar-refractivity contribution in [2.45, 2.75) is 57.7 Å². The highest BCUT2D eigenvalue weighted by atomic mass is 16.6. The van der Waals surface area contributed by atoms with E-state index in [0.29, 0.717) is 24.8 Å². The van der Waals surface area contributed by atoms with Gasteiger partial charge in [-0.05, 0) is 93.9 Å². The third-order valence-electron chi connectivity index (χ3n) is 7.99. The maximum absolute atomic E-state index is 12.9. The Morgan fingerprint density at radius 2 is 1.79 bits per heavy atom. The topological polar surface area (TPSA) is 98.9 Å². The van der Waals surface area contributed by atoms with Crippen LogP contribution in [0.25, 0.3) is 32.8 Å². The zero-order chi connectivity index (χ0) is 29.0. The van der Waals surface area contributed by atoms with Gasteiger partial charge in [-0.25, -0.2) is 14.8 Å². The molecule has 2 saturated heterocycles. The molecule has 2 atom stereocenters. The number of aromatic nitrogens is 4. The lowest BCUT2D eigenvalue weighted by molar-refractivity contribution is 0.0232. The number of hydrogen-bond acceptors (Lipinski definition) is 5. The molecule has 8 nitrogen and oxygen atoms in total. The summed E-state index contributed by atoms with van der Waals surface area (Å²) >= 11 is 0. The van der Waals surface area contributed by atoms with Gasteiger partial charge in [0.25, 0.3) is 0 Å². The summed E-state index contributed by atoms with van der Waals surface area (Å²) in [6.45, 7) is 11.4. The number of rotatable bonds is 2. The molecule has 2 unspecified atom stereocenters. The molecule has 2 aliphatic heterocycles. The normalized spacial score (nSPS) is 19.1. The number of aromatic amines is 2. The highest BCUT2D eigenvalue weighted by molar-refractivity contribution is 6.04. The van der Waals surface area contributed by atoms with Gasteiger partial charge in [-0.15, -0.1) is 0 Å². The Morgan fingerprint density at radius 1 is 1.00 bits per heavy atom. The monoisotopic (exact) mass is 558 g/mol. The van der Waals surface area contributed by atoms with Gasteiger partial charge >= 0.3 is 6.09 Å².